The van der Waals surface area contributed by atoms with Gasteiger partial charge >= 0.3 is 0 Å². The minimum atomic E-state index is 0.596. The molecule has 0 saturated carbocycles. The summed E-state index contributed by atoms with van der Waals surface area (Å²) in [6, 6.07) is 9.10. The highest BCUT2D eigenvalue weighted by Crippen LogP contribution is 2.13. The number of rotatable bonds is 4. The lowest BCUT2D eigenvalue weighted by Crippen LogP contribution is -2.21. The summed E-state index contributed by atoms with van der Waals surface area (Å²) < 4.78 is 1.17. The van der Waals surface area contributed by atoms with Crippen molar-refractivity contribution in [3.05, 3.63) is 34.3 Å². The highest BCUT2D eigenvalue weighted by atomic mass is 79.9. The van der Waals surface area contributed by atoms with E-state index in [1.54, 1.807) is 0 Å². The molecule has 0 saturated heterocycles. The highest BCUT2D eigenvalue weighted by Gasteiger charge is 1.99. The lowest BCUT2D eigenvalue weighted by atomic mass is 10.1. The van der Waals surface area contributed by atoms with Crippen molar-refractivity contribution in [1.82, 2.24) is 5.32 Å². The summed E-state index contributed by atoms with van der Waals surface area (Å²) in [7, 11) is 2.01. The Morgan fingerprint density at radius 3 is 2.85 bits per heavy atom. The van der Waals surface area contributed by atoms with Crippen LogP contribution in [0.3, 0.4) is 0 Å². The van der Waals surface area contributed by atoms with E-state index in [-0.39, 0.29) is 0 Å². The molecule has 0 fully saturated rings. The first-order valence-electron chi connectivity index (χ1n) is 4.64. The minimum absolute atomic E-state index is 0.596. The molecular formula is C11H16BrN. The SMILES string of the molecule is CNC(C)CCc1cccc(Br)c1. The number of hydrogen-bond acceptors (Lipinski definition) is 1. The summed E-state index contributed by atoms with van der Waals surface area (Å²) in [6.07, 6.45) is 2.33. The fraction of sp³-hybridized carbons (Fsp3) is 0.455. The van der Waals surface area contributed by atoms with E-state index in [2.05, 4.69) is 52.4 Å². The van der Waals surface area contributed by atoms with Gasteiger partial charge in [0.05, 0.1) is 0 Å². The molecule has 72 valence electrons. The van der Waals surface area contributed by atoms with Gasteiger partial charge in [-0.2, -0.15) is 0 Å². The van der Waals surface area contributed by atoms with Gasteiger partial charge < -0.3 is 5.32 Å². The molecule has 1 N–H and O–H groups in total. The van der Waals surface area contributed by atoms with E-state index in [0.717, 1.165) is 6.42 Å². The Kier molecular flexibility index (Phi) is 4.46. The molecule has 0 radical (unpaired) electrons. The molecule has 1 atom stereocenters. The number of benzene rings is 1. The molecule has 2 heteroatoms. The van der Waals surface area contributed by atoms with Crippen LogP contribution in [-0.2, 0) is 6.42 Å². The summed E-state index contributed by atoms with van der Waals surface area (Å²) >= 11 is 3.47. The Morgan fingerprint density at radius 2 is 2.23 bits per heavy atom. The Balaban J connectivity index is 2.45. The van der Waals surface area contributed by atoms with Crippen LogP contribution in [0.1, 0.15) is 18.9 Å². The standard InChI is InChI=1S/C11H16BrN/c1-9(13-2)6-7-10-4-3-5-11(12)8-10/h3-5,8-9,13H,6-7H2,1-2H3. The Morgan fingerprint density at radius 1 is 1.46 bits per heavy atom. The van der Waals surface area contributed by atoms with E-state index < -0.39 is 0 Å². The van der Waals surface area contributed by atoms with Crippen LogP contribution in [0.5, 0.6) is 0 Å². The van der Waals surface area contributed by atoms with Crippen molar-refractivity contribution in [3.63, 3.8) is 0 Å². The monoisotopic (exact) mass is 241 g/mol. The fourth-order valence-corrected chi connectivity index (χ4v) is 1.67. The molecule has 0 aliphatic heterocycles. The normalized spacial score (nSPS) is 12.8. The lowest BCUT2D eigenvalue weighted by Gasteiger charge is -2.09. The first kappa shape index (κ1) is 10.7. The molecule has 0 aliphatic rings. The van der Waals surface area contributed by atoms with Gasteiger partial charge in [-0.1, -0.05) is 28.1 Å². The molecule has 1 nitrogen and oxygen atoms in total. The van der Waals surface area contributed by atoms with E-state index in [0.29, 0.717) is 6.04 Å². The van der Waals surface area contributed by atoms with Gasteiger partial charge in [-0.05, 0) is 44.5 Å². The molecule has 0 heterocycles. The maximum atomic E-state index is 3.47. The first-order chi connectivity index (χ1) is 6.22. The van der Waals surface area contributed by atoms with Crippen molar-refractivity contribution in [3.8, 4) is 0 Å². The van der Waals surface area contributed by atoms with E-state index in [1.165, 1.54) is 16.5 Å². The average molecular weight is 242 g/mol. The zero-order valence-electron chi connectivity index (χ0n) is 8.18. The van der Waals surface area contributed by atoms with Gasteiger partial charge in [0.25, 0.3) is 0 Å². The Hall–Kier alpha value is -0.340. The van der Waals surface area contributed by atoms with Crippen LogP contribution in [0.25, 0.3) is 0 Å². The van der Waals surface area contributed by atoms with Gasteiger partial charge in [0, 0.05) is 10.5 Å². The summed E-state index contributed by atoms with van der Waals surface area (Å²) in [4.78, 5) is 0. The van der Waals surface area contributed by atoms with Crippen LogP contribution in [-0.4, -0.2) is 13.1 Å². The van der Waals surface area contributed by atoms with Crippen molar-refractivity contribution in [1.29, 1.82) is 0 Å². The summed E-state index contributed by atoms with van der Waals surface area (Å²) in [5.41, 5.74) is 1.40. The third-order valence-corrected chi connectivity index (χ3v) is 2.74. The molecule has 1 rings (SSSR count). The van der Waals surface area contributed by atoms with E-state index >= 15 is 0 Å². The predicted molar refractivity (Wildman–Crippen MR) is 61.0 cm³/mol. The molecule has 1 aromatic rings. The van der Waals surface area contributed by atoms with Crippen LogP contribution in [0.2, 0.25) is 0 Å². The minimum Gasteiger partial charge on any atom is -0.317 e. The number of hydrogen-bond donors (Lipinski definition) is 1. The second-order valence-corrected chi connectivity index (χ2v) is 4.27. The zero-order valence-corrected chi connectivity index (χ0v) is 9.76. The molecular weight excluding hydrogens is 226 g/mol. The van der Waals surface area contributed by atoms with E-state index in [9.17, 15) is 0 Å². The maximum Gasteiger partial charge on any atom is 0.0177 e. The third kappa shape index (κ3) is 3.92. The van der Waals surface area contributed by atoms with Crippen LogP contribution < -0.4 is 5.32 Å². The quantitative estimate of drug-likeness (QED) is 0.855. The van der Waals surface area contributed by atoms with Crippen LogP contribution in [0.4, 0.5) is 0 Å². The predicted octanol–water partition coefficient (Wildman–Crippen LogP) is 2.99. The van der Waals surface area contributed by atoms with Gasteiger partial charge in [0.1, 0.15) is 0 Å². The van der Waals surface area contributed by atoms with Crippen LogP contribution in [0.15, 0.2) is 28.7 Å². The largest absolute Gasteiger partial charge is 0.317 e. The highest BCUT2D eigenvalue weighted by molar-refractivity contribution is 9.10. The molecule has 0 amide bonds. The molecule has 1 unspecified atom stereocenters. The third-order valence-electron chi connectivity index (χ3n) is 2.25. The number of halogens is 1. The molecule has 1 aromatic carbocycles. The summed E-state index contributed by atoms with van der Waals surface area (Å²) in [6.45, 7) is 2.21. The maximum absolute atomic E-state index is 3.47. The average Bonchev–Trinajstić information content (AvgIpc) is 2.14. The van der Waals surface area contributed by atoms with Gasteiger partial charge in [0.2, 0.25) is 0 Å². The van der Waals surface area contributed by atoms with Gasteiger partial charge in [-0.25, -0.2) is 0 Å². The second kappa shape index (κ2) is 5.40. The van der Waals surface area contributed by atoms with Crippen molar-refractivity contribution >= 4 is 15.9 Å². The zero-order chi connectivity index (χ0) is 9.68. The van der Waals surface area contributed by atoms with Crippen molar-refractivity contribution < 1.29 is 0 Å². The Labute approximate surface area is 88.7 Å². The van der Waals surface area contributed by atoms with Crippen molar-refractivity contribution in [2.24, 2.45) is 0 Å². The lowest BCUT2D eigenvalue weighted by molar-refractivity contribution is 0.565. The Bertz CT molecular complexity index is 260. The fourth-order valence-electron chi connectivity index (χ4n) is 1.22. The topological polar surface area (TPSA) is 12.0 Å². The summed E-state index contributed by atoms with van der Waals surface area (Å²) in [5, 5.41) is 3.24. The van der Waals surface area contributed by atoms with Crippen LogP contribution in [0, 0.1) is 0 Å². The van der Waals surface area contributed by atoms with Gasteiger partial charge in [-0.3, -0.25) is 0 Å². The van der Waals surface area contributed by atoms with Crippen molar-refractivity contribution in [2.45, 2.75) is 25.8 Å². The van der Waals surface area contributed by atoms with E-state index in [4.69, 9.17) is 0 Å². The van der Waals surface area contributed by atoms with Crippen LogP contribution >= 0.6 is 15.9 Å². The summed E-state index contributed by atoms with van der Waals surface area (Å²) in [5.74, 6) is 0. The molecule has 0 aromatic heterocycles. The van der Waals surface area contributed by atoms with Gasteiger partial charge in [0.15, 0.2) is 0 Å². The van der Waals surface area contributed by atoms with E-state index in [1.807, 2.05) is 7.05 Å². The first-order valence-corrected chi connectivity index (χ1v) is 5.43. The molecule has 0 bridgehead atoms. The molecule has 0 aliphatic carbocycles. The second-order valence-electron chi connectivity index (χ2n) is 3.36. The molecule has 0 spiro atoms. The van der Waals surface area contributed by atoms with Gasteiger partial charge in [-0.15, -0.1) is 0 Å². The number of nitrogens with one attached hydrogen (secondary N) is 1. The number of aryl methyl sites for hydroxylation is 1. The molecule has 13 heavy (non-hydrogen) atoms. The smallest absolute Gasteiger partial charge is 0.0177 e. The van der Waals surface area contributed by atoms with Crippen molar-refractivity contribution in [2.75, 3.05) is 7.05 Å².